The monoisotopic (exact) mass is 572 g/mol. The standard InChI is InChI=1S/C30H34ClF5O3/c1-17-15-37-29(38-16-17)21-8-11-24(25(32)12-21)20-4-2-18(3-5-20)19-6-9-22(10-7-19)30(35,36)39-23-13-26(33)28(31)27(34)14-23/h8,11-14,17-20,22,29H,2-7,9-10,15-16H2,1H3. The summed E-state index contributed by atoms with van der Waals surface area (Å²) in [7, 11) is 0. The molecule has 214 valence electrons. The highest BCUT2D eigenvalue weighted by Crippen LogP contribution is 2.47. The highest BCUT2D eigenvalue weighted by Gasteiger charge is 2.45. The fourth-order valence-electron chi connectivity index (χ4n) is 6.47. The Morgan fingerprint density at radius 2 is 1.36 bits per heavy atom. The summed E-state index contributed by atoms with van der Waals surface area (Å²) in [6.07, 6.45) is 1.37. The molecule has 3 nitrogen and oxygen atoms in total. The van der Waals surface area contributed by atoms with Gasteiger partial charge in [-0.25, -0.2) is 13.2 Å². The first-order chi connectivity index (χ1) is 18.6. The van der Waals surface area contributed by atoms with Crippen molar-refractivity contribution in [3.05, 3.63) is 63.9 Å². The molecule has 0 unspecified atom stereocenters. The van der Waals surface area contributed by atoms with Gasteiger partial charge in [0.2, 0.25) is 0 Å². The molecule has 39 heavy (non-hydrogen) atoms. The van der Waals surface area contributed by atoms with Crippen molar-refractivity contribution in [3.8, 4) is 5.75 Å². The third kappa shape index (κ3) is 6.54. The Kier molecular flexibility index (Phi) is 8.74. The van der Waals surface area contributed by atoms with E-state index in [1.165, 1.54) is 6.07 Å². The smallest absolute Gasteiger partial charge is 0.400 e. The van der Waals surface area contributed by atoms with Gasteiger partial charge in [-0.2, -0.15) is 8.78 Å². The van der Waals surface area contributed by atoms with Crippen LogP contribution < -0.4 is 4.74 Å². The van der Waals surface area contributed by atoms with E-state index in [0.717, 1.165) is 31.2 Å². The molecule has 0 bridgehead atoms. The van der Waals surface area contributed by atoms with Crippen LogP contribution in [0.4, 0.5) is 22.0 Å². The second-order valence-corrected chi connectivity index (χ2v) is 11.9. The minimum Gasteiger partial charge on any atom is -0.432 e. The van der Waals surface area contributed by atoms with Crippen LogP contribution in [0.3, 0.4) is 0 Å². The fourth-order valence-corrected chi connectivity index (χ4v) is 6.58. The molecular formula is C30H34ClF5O3. The van der Waals surface area contributed by atoms with Crippen molar-refractivity contribution >= 4 is 11.6 Å². The zero-order valence-electron chi connectivity index (χ0n) is 21.9. The van der Waals surface area contributed by atoms with Crippen LogP contribution in [0.15, 0.2) is 30.3 Å². The molecule has 0 atom stereocenters. The first-order valence-corrected chi connectivity index (χ1v) is 14.2. The van der Waals surface area contributed by atoms with E-state index >= 15 is 4.39 Å². The van der Waals surface area contributed by atoms with E-state index in [1.54, 1.807) is 0 Å². The molecule has 0 amide bonds. The molecule has 3 fully saturated rings. The Labute approximate surface area is 231 Å². The third-order valence-corrected chi connectivity index (χ3v) is 9.06. The lowest BCUT2D eigenvalue weighted by atomic mass is 9.68. The predicted octanol–water partition coefficient (Wildman–Crippen LogP) is 9.19. The van der Waals surface area contributed by atoms with Gasteiger partial charge in [0.25, 0.3) is 0 Å². The van der Waals surface area contributed by atoms with Crippen LogP contribution in [0.25, 0.3) is 0 Å². The van der Waals surface area contributed by atoms with Gasteiger partial charge in [-0.05, 0) is 80.8 Å². The molecule has 5 rings (SSSR count). The topological polar surface area (TPSA) is 27.7 Å². The van der Waals surface area contributed by atoms with Crippen LogP contribution >= 0.6 is 11.6 Å². The van der Waals surface area contributed by atoms with Crippen LogP contribution in [0.5, 0.6) is 5.75 Å². The Bertz CT molecular complexity index is 1110. The van der Waals surface area contributed by atoms with Gasteiger partial charge in [-0.1, -0.05) is 30.7 Å². The lowest BCUT2D eigenvalue weighted by molar-refractivity contribution is -0.224. The van der Waals surface area contributed by atoms with E-state index in [-0.39, 0.29) is 24.6 Å². The average Bonchev–Trinajstić information content (AvgIpc) is 2.92. The lowest BCUT2D eigenvalue weighted by Crippen LogP contribution is -2.38. The minimum atomic E-state index is -3.54. The highest BCUT2D eigenvalue weighted by molar-refractivity contribution is 6.30. The van der Waals surface area contributed by atoms with Crippen LogP contribution in [0.1, 0.15) is 81.6 Å². The molecule has 2 saturated carbocycles. The molecule has 9 heteroatoms. The SMILES string of the molecule is CC1COC(c2ccc(C3CCC(C4CCC(C(F)(F)Oc5cc(F)c(Cl)c(F)c5)CC4)CC3)c(F)c2)OC1. The molecule has 2 aliphatic carbocycles. The number of benzene rings is 2. The Morgan fingerprint density at radius 1 is 0.795 bits per heavy atom. The van der Waals surface area contributed by atoms with E-state index in [9.17, 15) is 17.6 Å². The van der Waals surface area contributed by atoms with Gasteiger partial charge in [-0.15, -0.1) is 0 Å². The van der Waals surface area contributed by atoms with Crippen LogP contribution in [0.2, 0.25) is 5.02 Å². The maximum absolute atomic E-state index is 15.1. The van der Waals surface area contributed by atoms with Crippen molar-refractivity contribution in [2.75, 3.05) is 13.2 Å². The molecular weight excluding hydrogens is 539 g/mol. The summed E-state index contributed by atoms with van der Waals surface area (Å²) >= 11 is 5.43. The Balaban J connectivity index is 1.11. The van der Waals surface area contributed by atoms with Crippen molar-refractivity contribution in [2.45, 2.75) is 76.6 Å². The maximum Gasteiger partial charge on any atom is 0.400 e. The van der Waals surface area contributed by atoms with E-state index in [4.69, 9.17) is 25.8 Å². The first-order valence-electron chi connectivity index (χ1n) is 13.8. The summed E-state index contributed by atoms with van der Waals surface area (Å²) in [5.74, 6) is -2.90. The van der Waals surface area contributed by atoms with E-state index < -0.39 is 40.7 Å². The maximum atomic E-state index is 15.1. The molecule has 0 aromatic heterocycles. The number of hydrogen-bond donors (Lipinski definition) is 0. The van der Waals surface area contributed by atoms with Crippen LogP contribution in [-0.4, -0.2) is 19.3 Å². The van der Waals surface area contributed by atoms with Crippen LogP contribution in [-0.2, 0) is 9.47 Å². The second kappa shape index (κ2) is 11.9. The summed E-state index contributed by atoms with van der Waals surface area (Å²) < 4.78 is 88.1. The van der Waals surface area contributed by atoms with Crippen LogP contribution in [0, 0.1) is 41.1 Å². The van der Waals surface area contributed by atoms with Crippen molar-refractivity contribution < 1.29 is 36.2 Å². The van der Waals surface area contributed by atoms with Gasteiger partial charge in [-0.3, -0.25) is 0 Å². The Morgan fingerprint density at radius 3 is 1.92 bits per heavy atom. The first kappa shape index (κ1) is 28.6. The number of hydrogen-bond acceptors (Lipinski definition) is 3. The number of alkyl halides is 2. The minimum absolute atomic E-state index is 0.137. The Hall–Kier alpha value is -1.90. The predicted molar refractivity (Wildman–Crippen MR) is 137 cm³/mol. The van der Waals surface area contributed by atoms with Crippen molar-refractivity contribution in [1.82, 2.24) is 0 Å². The number of halogens is 6. The molecule has 0 N–H and O–H groups in total. The normalized spacial score (nSPS) is 30.2. The van der Waals surface area contributed by atoms with E-state index in [1.807, 2.05) is 19.1 Å². The molecule has 0 spiro atoms. The van der Waals surface area contributed by atoms with E-state index in [0.29, 0.717) is 61.5 Å². The zero-order chi connectivity index (χ0) is 27.7. The summed E-state index contributed by atoms with van der Waals surface area (Å²) in [4.78, 5) is 0. The van der Waals surface area contributed by atoms with Gasteiger partial charge in [0.1, 0.15) is 28.2 Å². The lowest BCUT2D eigenvalue weighted by Gasteiger charge is -2.39. The number of ether oxygens (including phenoxy) is 3. The molecule has 2 aromatic carbocycles. The average molecular weight is 573 g/mol. The molecule has 2 aromatic rings. The molecule has 0 radical (unpaired) electrons. The fraction of sp³-hybridized carbons (Fsp3) is 0.600. The van der Waals surface area contributed by atoms with Gasteiger partial charge in [0.05, 0.1) is 19.1 Å². The van der Waals surface area contributed by atoms with Gasteiger partial charge < -0.3 is 14.2 Å². The summed E-state index contributed by atoms with van der Waals surface area (Å²) in [6.45, 7) is 3.22. The van der Waals surface area contributed by atoms with Gasteiger partial charge in [0.15, 0.2) is 6.29 Å². The van der Waals surface area contributed by atoms with E-state index in [2.05, 4.69) is 0 Å². The summed E-state index contributed by atoms with van der Waals surface area (Å²) in [5, 5.41) is -0.751. The molecule has 3 aliphatic rings. The zero-order valence-corrected chi connectivity index (χ0v) is 22.7. The van der Waals surface area contributed by atoms with Crippen molar-refractivity contribution in [3.63, 3.8) is 0 Å². The van der Waals surface area contributed by atoms with Crippen molar-refractivity contribution in [1.29, 1.82) is 0 Å². The quantitative estimate of drug-likeness (QED) is 0.255. The third-order valence-electron chi connectivity index (χ3n) is 8.70. The summed E-state index contributed by atoms with van der Waals surface area (Å²) in [6, 6.07) is 6.63. The number of rotatable bonds is 6. The molecule has 1 heterocycles. The summed E-state index contributed by atoms with van der Waals surface area (Å²) in [5.41, 5.74) is 1.41. The highest BCUT2D eigenvalue weighted by atomic mass is 35.5. The molecule has 1 aliphatic heterocycles. The second-order valence-electron chi connectivity index (χ2n) is 11.5. The van der Waals surface area contributed by atoms with Crippen molar-refractivity contribution in [2.24, 2.45) is 23.7 Å². The van der Waals surface area contributed by atoms with Gasteiger partial charge >= 0.3 is 6.11 Å². The molecule has 1 saturated heterocycles. The largest absolute Gasteiger partial charge is 0.432 e. The van der Waals surface area contributed by atoms with Gasteiger partial charge in [0, 0.05) is 23.6 Å².